The van der Waals surface area contributed by atoms with E-state index in [4.69, 9.17) is 14.6 Å². The third-order valence-corrected chi connectivity index (χ3v) is 1.86. The molecule has 1 aromatic carbocycles. The zero-order valence-corrected chi connectivity index (χ0v) is 9.69. The Morgan fingerprint density at radius 2 is 1.81 bits per heavy atom. The van der Waals surface area contributed by atoms with Crippen LogP contribution >= 0.6 is 0 Å². The van der Waals surface area contributed by atoms with E-state index in [1.807, 2.05) is 0 Å². The van der Waals surface area contributed by atoms with Gasteiger partial charge in [0, 0.05) is 0 Å². The molecule has 0 amide bonds. The first kappa shape index (κ1) is 12.4. The zero-order valence-electron chi connectivity index (χ0n) is 9.69. The summed E-state index contributed by atoms with van der Waals surface area (Å²) in [4.78, 5) is 11.4. The fourth-order valence-corrected chi connectivity index (χ4v) is 0.910. The summed E-state index contributed by atoms with van der Waals surface area (Å²) in [5, 5.41) is 9.04. The van der Waals surface area contributed by atoms with Gasteiger partial charge in [0.15, 0.2) is 0 Å². The average Bonchev–Trinajstić information content (AvgIpc) is 2.19. The number of hydrogen-bond acceptors (Lipinski definition) is 4. The van der Waals surface area contributed by atoms with Crippen LogP contribution in [0.25, 0.3) is 0 Å². The van der Waals surface area contributed by atoms with Crippen molar-refractivity contribution in [3.8, 4) is 11.5 Å². The topological polar surface area (TPSA) is 55.8 Å². The van der Waals surface area contributed by atoms with Crippen molar-refractivity contribution in [2.75, 3.05) is 6.79 Å². The summed E-state index contributed by atoms with van der Waals surface area (Å²) in [5.74, 6) is 0.393. The van der Waals surface area contributed by atoms with Gasteiger partial charge in [-0.25, -0.2) is 0 Å². The van der Waals surface area contributed by atoms with Crippen molar-refractivity contribution in [2.45, 2.75) is 20.8 Å². The van der Waals surface area contributed by atoms with Crippen LogP contribution in [0.3, 0.4) is 0 Å². The van der Waals surface area contributed by atoms with Gasteiger partial charge in [0.2, 0.25) is 6.79 Å². The molecule has 0 saturated carbocycles. The van der Waals surface area contributed by atoms with Gasteiger partial charge in [-0.3, -0.25) is 4.79 Å². The van der Waals surface area contributed by atoms with Crippen LogP contribution in [0.5, 0.6) is 11.5 Å². The predicted octanol–water partition coefficient (Wildman–Crippen LogP) is 2.32. The molecule has 0 fully saturated rings. The van der Waals surface area contributed by atoms with E-state index in [-0.39, 0.29) is 18.5 Å². The Bertz CT molecular complexity index is 348. The molecule has 1 N–H and O–H groups in total. The molecule has 0 aromatic heterocycles. The minimum absolute atomic E-state index is 0.124. The Balaban J connectivity index is 2.36. The fraction of sp³-hybridized carbons (Fsp3) is 0.417. The van der Waals surface area contributed by atoms with E-state index in [0.29, 0.717) is 5.75 Å². The summed E-state index contributed by atoms with van der Waals surface area (Å²) in [7, 11) is 0. The number of benzene rings is 1. The second-order valence-corrected chi connectivity index (χ2v) is 4.44. The van der Waals surface area contributed by atoms with Gasteiger partial charge in [0.05, 0.1) is 5.41 Å². The van der Waals surface area contributed by atoms with Gasteiger partial charge in [-0.15, -0.1) is 0 Å². The smallest absolute Gasteiger partial charge is 0.314 e. The summed E-state index contributed by atoms with van der Waals surface area (Å²) < 4.78 is 10.1. The first-order valence-corrected chi connectivity index (χ1v) is 4.98. The molecule has 1 rings (SSSR count). The van der Waals surface area contributed by atoms with E-state index in [1.165, 1.54) is 12.1 Å². The van der Waals surface area contributed by atoms with Crippen molar-refractivity contribution >= 4 is 5.97 Å². The molecule has 88 valence electrons. The van der Waals surface area contributed by atoms with Crippen LogP contribution in [-0.2, 0) is 9.53 Å². The summed E-state index contributed by atoms with van der Waals surface area (Å²) in [5.41, 5.74) is -0.529. The van der Waals surface area contributed by atoms with Crippen LogP contribution < -0.4 is 4.74 Å². The molecular weight excluding hydrogens is 208 g/mol. The van der Waals surface area contributed by atoms with Gasteiger partial charge in [0.25, 0.3) is 0 Å². The molecule has 0 saturated heterocycles. The molecule has 0 unspecified atom stereocenters. The van der Waals surface area contributed by atoms with Gasteiger partial charge in [0.1, 0.15) is 11.5 Å². The van der Waals surface area contributed by atoms with Crippen molar-refractivity contribution in [1.82, 2.24) is 0 Å². The van der Waals surface area contributed by atoms with Crippen molar-refractivity contribution in [3.05, 3.63) is 24.3 Å². The zero-order chi connectivity index (χ0) is 12.2. The van der Waals surface area contributed by atoms with Gasteiger partial charge in [-0.2, -0.15) is 0 Å². The largest absolute Gasteiger partial charge is 0.508 e. The highest BCUT2D eigenvalue weighted by Crippen LogP contribution is 2.17. The predicted molar refractivity (Wildman–Crippen MR) is 59.1 cm³/mol. The molecule has 1 aromatic rings. The van der Waals surface area contributed by atoms with E-state index < -0.39 is 5.41 Å². The molecule has 0 bridgehead atoms. The van der Waals surface area contributed by atoms with Gasteiger partial charge >= 0.3 is 5.97 Å². The Hall–Kier alpha value is -1.71. The van der Waals surface area contributed by atoms with Crippen LogP contribution in [-0.4, -0.2) is 17.9 Å². The van der Waals surface area contributed by atoms with Crippen molar-refractivity contribution in [3.63, 3.8) is 0 Å². The summed E-state index contributed by atoms with van der Waals surface area (Å²) >= 11 is 0. The molecule has 0 spiro atoms. The number of phenolic OH excluding ortho intramolecular Hbond substituents is 1. The maximum atomic E-state index is 11.4. The second-order valence-electron chi connectivity index (χ2n) is 4.44. The van der Waals surface area contributed by atoms with E-state index in [2.05, 4.69) is 0 Å². The number of aromatic hydroxyl groups is 1. The Kier molecular flexibility index (Phi) is 3.77. The van der Waals surface area contributed by atoms with E-state index in [9.17, 15) is 4.79 Å². The molecule has 16 heavy (non-hydrogen) atoms. The maximum absolute atomic E-state index is 11.4. The second kappa shape index (κ2) is 4.88. The quantitative estimate of drug-likeness (QED) is 0.632. The van der Waals surface area contributed by atoms with E-state index in [0.717, 1.165) is 0 Å². The molecule has 0 heterocycles. The van der Waals surface area contributed by atoms with Gasteiger partial charge in [-0.1, -0.05) is 0 Å². The lowest BCUT2D eigenvalue weighted by Crippen LogP contribution is -2.24. The third-order valence-electron chi connectivity index (χ3n) is 1.86. The number of hydrogen-bond donors (Lipinski definition) is 1. The lowest BCUT2D eigenvalue weighted by molar-refractivity contribution is -0.159. The minimum Gasteiger partial charge on any atom is -0.508 e. The number of rotatable bonds is 3. The first-order valence-electron chi connectivity index (χ1n) is 4.98. The lowest BCUT2D eigenvalue weighted by Gasteiger charge is -2.16. The molecule has 4 nitrogen and oxygen atoms in total. The van der Waals surface area contributed by atoms with Crippen molar-refractivity contribution in [2.24, 2.45) is 5.41 Å². The Morgan fingerprint density at radius 3 is 2.31 bits per heavy atom. The molecule has 4 heteroatoms. The maximum Gasteiger partial charge on any atom is 0.314 e. The summed E-state index contributed by atoms with van der Waals surface area (Å²) in [6.45, 7) is 5.20. The standard InChI is InChI=1S/C12H16O4/c1-12(2,3)11(14)16-8-15-10-6-4-9(13)5-7-10/h4-7,13H,8H2,1-3H3. The summed E-state index contributed by atoms with van der Waals surface area (Å²) in [6, 6.07) is 6.20. The Morgan fingerprint density at radius 1 is 1.25 bits per heavy atom. The van der Waals surface area contributed by atoms with Crippen LogP contribution in [0.15, 0.2) is 24.3 Å². The van der Waals surface area contributed by atoms with Gasteiger partial charge < -0.3 is 14.6 Å². The van der Waals surface area contributed by atoms with E-state index in [1.54, 1.807) is 32.9 Å². The fourth-order valence-electron chi connectivity index (χ4n) is 0.910. The SMILES string of the molecule is CC(C)(C)C(=O)OCOc1ccc(O)cc1. The molecular formula is C12H16O4. The Labute approximate surface area is 94.8 Å². The highest BCUT2D eigenvalue weighted by Gasteiger charge is 2.22. The van der Waals surface area contributed by atoms with Crippen molar-refractivity contribution < 1.29 is 19.4 Å². The van der Waals surface area contributed by atoms with Crippen LogP contribution in [0.1, 0.15) is 20.8 Å². The van der Waals surface area contributed by atoms with Crippen LogP contribution in [0.4, 0.5) is 0 Å². The number of carbonyl (C=O) groups is 1. The minimum atomic E-state index is -0.529. The number of ether oxygens (including phenoxy) is 2. The first-order chi connectivity index (χ1) is 7.39. The van der Waals surface area contributed by atoms with Crippen LogP contribution in [0.2, 0.25) is 0 Å². The number of esters is 1. The molecule has 0 aliphatic rings. The molecule has 0 aliphatic carbocycles. The van der Waals surface area contributed by atoms with Gasteiger partial charge in [-0.05, 0) is 45.0 Å². The molecule has 0 aliphatic heterocycles. The number of carbonyl (C=O) groups excluding carboxylic acids is 1. The molecule has 0 radical (unpaired) electrons. The third kappa shape index (κ3) is 3.81. The highest BCUT2D eigenvalue weighted by molar-refractivity contribution is 5.75. The van der Waals surface area contributed by atoms with Crippen molar-refractivity contribution in [1.29, 1.82) is 0 Å². The van der Waals surface area contributed by atoms with Crippen LogP contribution in [0, 0.1) is 5.41 Å². The normalized spacial score (nSPS) is 10.9. The molecule has 0 atom stereocenters. The monoisotopic (exact) mass is 224 g/mol. The van der Waals surface area contributed by atoms with E-state index >= 15 is 0 Å². The average molecular weight is 224 g/mol. The summed E-state index contributed by atoms with van der Waals surface area (Å²) in [6.07, 6.45) is 0. The highest BCUT2D eigenvalue weighted by atomic mass is 16.7. The lowest BCUT2D eigenvalue weighted by atomic mass is 9.98. The number of phenols is 1.